The molecule has 7 N–H and O–H groups in total. The number of hydrogen-bond donors (Lipinski definition) is 6. The topological polar surface area (TPSA) is 233 Å². The van der Waals surface area contributed by atoms with E-state index in [1.165, 1.54) is 4.90 Å². The molecule has 1 aliphatic rings. The summed E-state index contributed by atoms with van der Waals surface area (Å²) < 4.78 is 62.9. The summed E-state index contributed by atoms with van der Waals surface area (Å²) in [6.45, 7) is 5.20. The number of nitrogens with two attached hydrogens (primary N) is 1. The van der Waals surface area contributed by atoms with Gasteiger partial charge in [0, 0.05) is 86.8 Å². The van der Waals surface area contributed by atoms with E-state index in [-0.39, 0.29) is 51.0 Å². The highest BCUT2D eigenvalue weighted by Crippen LogP contribution is 2.41. The summed E-state index contributed by atoms with van der Waals surface area (Å²) in [4.78, 5) is 84.5. The molecule has 2 unspecified atom stereocenters. The summed E-state index contributed by atoms with van der Waals surface area (Å²) in [6.07, 6.45) is -1.25. The Hall–Kier alpha value is -6.48. The van der Waals surface area contributed by atoms with E-state index in [9.17, 15) is 51.4 Å². The summed E-state index contributed by atoms with van der Waals surface area (Å²) in [5, 5.41) is 25.0. The van der Waals surface area contributed by atoms with Gasteiger partial charge in [-0.15, -0.1) is 0 Å². The van der Waals surface area contributed by atoms with Gasteiger partial charge in [0.15, 0.2) is 0 Å². The molecule has 21 heteroatoms. The molecule has 2 heterocycles. The first-order chi connectivity index (χ1) is 29.5. The second-order valence-corrected chi connectivity index (χ2v) is 15.4. The fraction of sp³-hybridized carbons (Fsp3) is 0.405. The van der Waals surface area contributed by atoms with Crippen LogP contribution in [0.1, 0.15) is 57.3 Å². The third-order valence-corrected chi connectivity index (χ3v) is 9.33. The first-order valence-electron chi connectivity index (χ1n) is 19.5. The molecule has 4 rings (SSSR count). The Labute approximate surface area is 359 Å². The molecular formula is C42H50F5N7O9. The van der Waals surface area contributed by atoms with E-state index in [2.05, 4.69) is 16.0 Å². The molecule has 2 aromatic carbocycles. The summed E-state index contributed by atoms with van der Waals surface area (Å²) in [5.41, 5.74) is 7.81. The van der Waals surface area contributed by atoms with Crippen molar-refractivity contribution in [2.24, 2.45) is 11.1 Å². The lowest BCUT2D eigenvalue weighted by Gasteiger charge is -2.41. The third-order valence-electron chi connectivity index (χ3n) is 9.33. The molecule has 342 valence electrons. The van der Waals surface area contributed by atoms with E-state index in [0.717, 1.165) is 40.8 Å². The van der Waals surface area contributed by atoms with Crippen molar-refractivity contribution < 1.29 is 65.7 Å². The van der Waals surface area contributed by atoms with Crippen molar-refractivity contribution in [1.29, 1.82) is 0 Å². The molecule has 0 saturated heterocycles. The Bertz CT molecular complexity index is 2120. The molecule has 0 spiro atoms. The number of halogens is 5. The zero-order valence-electron chi connectivity index (χ0n) is 34.7. The number of carbonyl (C=O) groups is 7. The Morgan fingerprint density at radius 2 is 1.41 bits per heavy atom. The first kappa shape index (κ1) is 50.9. The van der Waals surface area contributed by atoms with Crippen molar-refractivity contribution >= 4 is 41.4 Å². The number of rotatable bonds is 19. The first-order valence-corrected chi connectivity index (χ1v) is 19.5. The molecule has 0 radical (unpaired) electrons. The number of carbonyl (C=O) groups excluding carboxylic acids is 6. The van der Waals surface area contributed by atoms with Crippen molar-refractivity contribution in [3.05, 3.63) is 95.8 Å². The lowest BCUT2D eigenvalue weighted by Crippen LogP contribution is -2.46. The number of aliphatic hydroxyl groups is 1. The van der Waals surface area contributed by atoms with Crippen molar-refractivity contribution in [1.82, 2.24) is 30.3 Å². The van der Waals surface area contributed by atoms with Gasteiger partial charge in [-0.2, -0.15) is 13.2 Å². The number of benzene rings is 2. The molecule has 16 nitrogen and oxygen atoms in total. The third kappa shape index (κ3) is 16.1. The van der Waals surface area contributed by atoms with Gasteiger partial charge < -0.3 is 41.4 Å². The number of aliphatic hydroxyl groups excluding tert-OH is 1. The van der Waals surface area contributed by atoms with Gasteiger partial charge in [0.1, 0.15) is 24.8 Å². The van der Waals surface area contributed by atoms with Crippen LogP contribution in [0.25, 0.3) is 11.1 Å². The number of hydrogen-bond acceptors (Lipinski definition) is 9. The van der Waals surface area contributed by atoms with Crippen LogP contribution in [0.3, 0.4) is 0 Å². The van der Waals surface area contributed by atoms with Crippen molar-refractivity contribution in [3.63, 3.8) is 0 Å². The lowest BCUT2D eigenvalue weighted by molar-refractivity contribution is -0.192. The molecule has 0 saturated carbocycles. The number of imide groups is 1. The van der Waals surface area contributed by atoms with Gasteiger partial charge >= 0.3 is 12.1 Å². The van der Waals surface area contributed by atoms with E-state index < -0.39 is 89.9 Å². The molecule has 0 bridgehead atoms. The minimum absolute atomic E-state index is 0.0404. The van der Waals surface area contributed by atoms with Crippen LogP contribution < -0.4 is 21.7 Å². The number of aromatic nitrogens is 1. The lowest BCUT2D eigenvalue weighted by atomic mass is 9.82. The number of nitrogens with zero attached hydrogens (tertiary/aromatic N) is 3. The van der Waals surface area contributed by atoms with Crippen LogP contribution in [0.2, 0.25) is 0 Å². The van der Waals surface area contributed by atoms with Crippen LogP contribution in [0.5, 0.6) is 0 Å². The van der Waals surface area contributed by atoms with Crippen molar-refractivity contribution in [3.8, 4) is 11.1 Å². The molecular weight excluding hydrogens is 841 g/mol. The van der Waals surface area contributed by atoms with Gasteiger partial charge in [-0.05, 0) is 41.7 Å². The molecule has 63 heavy (non-hydrogen) atoms. The van der Waals surface area contributed by atoms with Crippen LogP contribution in [-0.4, -0.2) is 118 Å². The molecule has 3 aromatic rings. The normalized spacial score (nSPS) is 13.5. The quantitative estimate of drug-likeness (QED) is 0.0585. The average Bonchev–Trinajstić information content (AvgIpc) is 3.77. The van der Waals surface area contributed by atoms with Crippen molar-refractivity contribution in [2.75, 3.05) is 39.3 Å². The summed E-state index contributed by atoms with van der Waals surface area (Å²) in [7, 11) is 0. The number of amides is 6. The second-order valence-electron chi connectivity index (χ2n) is 15.4. The van der Waals surface area contributed by atoms with E-state index in [1.54, 1.807) is 12.3 Å². The van der Waals surface area contributed by atoms with Gasteiger partial charge in [-0.3, -0.25) is 33.7 Å². The van der Waals surface area contributed by atoms with E-state index in [1.807, 2.05) is 55.7 Å². The van der Waals surface area contributed by atoms with Gasteiger partial charge in [0.2, 0.25) is 23.6 Å². The van der Waals surface area contributed by atoms with Gasteiger partial charge in [-0.25, -0.2) is 13.6 Å². The highest BCUT2D eigenvalue weighted by Gasteiger charge is 2.39. The van der Waals surface area contributed by atoms with E-state index in [0.29, 0.717) is 17.8 Å². The Morgan fingerprint density at radius 1 is 0.841 bits per heavy atom. The average molecular weight is 892 g/mol. The zero-order valence-corrected chi connectivity index (χ0v) is 34.7. The molecule has 0 aliphatic carbocycles. The number of alkyl halides is 3. The van der Waals surface area contributed by atoms with Crippen LogP contribution >= 0.6 is 0 Å². The van der Waals surface area contributed by atoms with E-state index >= 15 is 4.39 Å². The largest absolute Gasteiger partial charge is 0.490 e. The summed E-state index contributed by atoms with van der Waals surface area (Å²) in [6, 6.07) is 13.2. The monoisotopic (exact) mass is 891 g/mol. The molecule has 6 amide bonds. The number of carboxylic acid groups (broad SMARTS) is 1. The van der Waals surface area contributed by atoms with Crippen LogP contribution in [-0.2, 0) is 40.1 Å². The standard InChI is InChI=1S/C40H49F2N7O7.C2HF3O2/c1-40(2,3)39(32-19-27(30-20-28(41)9-10-31(30)42)23-47(32)22-26-7-5-4-6-8-26)48(38(56)25-50)18-15-29(43)21-46-34(52)12-11-33(51)44-16-17-45-35(53)24-49-36(54)13-14-37(49)55;3-2(4,5)1(6)7/h4-10,13-14,19-20,23,29,39,50H,11-12,15-18,21-22,24-25,43H2,1-3H3,(H,44,51)(H,45,53)(H,46,52);(H,6,7). The van der Waals surface area contributed by atoms with Gasteiger partial charge in [0.25, 0.3) is 11.8 Å². The van der Waals surface area contributed by atoms with Crippen molar-refractivity contribution in [2.45, 2.75) is 64.8 Å². The van der Waals surface area contributed by atoms with E-state index in [4.69, 9.17) is 15.6 Å². The predicted octanol–water partition coefficient (Wildman–Crippen LogP) is 2.79. The van der Waals surface area contributed by atoms with Crippen LogP contribution in [0, 0.1) is 17.0 Å². The Balaban J connectivity index is 0.00000139. The maximum Gasteiger partial charge on any atom is 0.490 e. The maximum absolute atomic E-state index is 15.0. The smallest absolute Gasteiger partial charge is 0.475 e. The Morgan fingerprint density at radius 3 is 1.97 bits per heavy atom. The molecule has 1 aliphatic heterocycles. The zero-order chi connectivity index (χ0) is 47.1. The fourth-order valence-electron chi connectivity index (χ4n) is 6.35. The Kier molecular flexibility index (Phi) is 18.7. The summed E-state index contributed by atoms with van der Waals surface area (Å²) in [5.74, 6) is -7.11. The fourth-order valence-corrected chi connectivity index (χ4v) is 6.35. The van der Waals surface area contributed by atoms with Crippen LogP contribution in [0.15, 0.2) is 72.9 Å². The van der Waals surface area contributed by atoms with Gasteiger partial charge in [0.05, 0.1) is 6.04 Å². The number of nitrogens with one attached hydrogen (secondary N) is 3. The minimum atomic E-state index is -5.08. The highest BCUT2D eigenvalue weighted by atomic mass is 19.4. The molecule has 1 aromatic heterocycles. The number of carboxylic acids is 1. The molecule has 2 atom stereocenters. The van der Waals surface area contributed by atoms with Gasteiger partial charge in [-0.1, -0.05) is 51.1 Å². The highest BCUT2D eigenvalue weighted by molar-refractivity contribution is 6.14. The SMILES string of the molecule is CC(C)(C)C(c1cc(-c2cc(F)ccc2F)cn1Cc1ccccc1)N(CCC(N)CNC(=O)CCC(=O)NCCNC(=O)CN1C(=O)C=CC1=O)C(=O)CO.O=C(O)C(F)(F)F. The maximum atomic E-state index is 15.0. The molecule has 0 fully saturated rings. The second kappa shape index (κ2) is 23.1. The minimum Gasteiger partial charge on any atom is -0.475 e. The predicted molar refractivity (Wildman–Crippen MR) is 217 cm³/mol. The van der Waals surface area contributed by atoms with Crippen LogP contribution in [0.4, 0.5) is 22.0 Å². The number of aliphatic carboxylic acids is 1. The summed E-state index contributed by atoms with van der Waals surface area (Å²) >= 11 is 0.